The Balaban J connectivity index is 1.86. The van der Waals surface area contributed by atoms with E-state index in [9.17, 15) is 5.11 Å². The third-order valence-corrected chi connectivity index (χ3v) is 4.10. The van der Waals surface area contributed by atoms with Gasteiger partial charge in [0.1, 0.15) is 0 Å². The summed E-state index contributed by atoms with van der Waals surface area (Å²) < 4.78 is 5.64. The smallest absolute Gasteiger partial charge is 0.0558 e. The van der Waals surface area contributed by atoms with E-state index < -0.39 is 0 Å². The van der Waals surface area contributed by atoms with Crippen molar-refractivity contribution < 1.29 is 9.84 Å². The highest BCUT2D eigenvalue weighted by Gasteiger charge is 2.39. The van der Waals surface area contributed by atoms with E-state index in [4.69, 9.17) is 4.74 Å². The summed E-state index contributed by atoms with van der Waals surface area (Å²) in [5.41, 5.74) is 0.271. The molecule has 4 heteroatoms. The first-order chi connectivity index (χ1) is 8.79. The lowest BCUT2D eigenvalue weighted by molar-refractivity contribution is 0.0927. The molecule has 2 rings (SSSR count). The fourth-order valence-corrected chi connectivity index (χ4v) is 2.89. The van der Waals surface area contributed by atoms with Gasteiger partial charge in [0, 0.05) is 37.7 Å². The molecule has 18 heavy (non-hydrogen) atoms. The molecule has 1 heterocycles. The van der Waals surface area contributed by atoms with E-state index in [1.54, 1.807) is 0 Å². The van der Waals surface area contributed by atoms with Gasteiger partial charge in [0.15, 0.2) is 0 Å². The molecule has 0 aromatic rings. The SMILES string of the molecule is CCCNCC1(CN(CCO)C2CC2)CCOC1. The van der Waals surface area contributed by atoms with Crippen LogP contribution in [0.25, 0.3) is 0 Å². The highest BCUT2D eigenvalue weighted by Crippen LogP contribution is 2.34. The Morgan fingerprint density at radius 3 is 2.83 bits per heavy atom. The molecule has 1 aliphatic carbocycles. The fourth-order valence-electron chi connectivity index (χ4n) is 2.89. The van der Waals surface area contributed by atoms with Gasteiger partial charge in [-0.25, -0.2) is 0 Å². The van der Waals surface area contributed by atoms with E-state index >= 15 is 0 Å². The van der Waals surface area contributed by atoms with Crippen LogP contribution in [0, 0.1) is 5.41 Å². The molecule has 0 amide bonds. The van der Waals surface area contributed by atoms with Crippen molar-refractivity contribution in [1.82, 2.24) is 10.2 Å². The average Bonchev–Trinajstić information content (AvgIpc) is 3.12. The number of nitrogens with zero attached hydrogens (tertiary/aromatic N) is 1. The van der Waals surface area contributed by atoms with Crippen LogP contribution >= 0.6 is 0 Å². The van der Waals surface area contributed by atoms with Crippen LogP contribution in [0.1, 0.15) is 32.6 Å². The lowest BCUT2D eigenvalue weighted by atomic mass is 9.86. The maximum absolute atomic E-state index is 9.20. The van der Waals surface area contributed by atoms with Crippen LogP contribution < -0.4 is 5.32 Å². The molecule has 0 bridgehead atoms. The molecular weight excluding hydrogens is 228 g/mol. The number of aliphatic hydroxyl groups is 1. The van der Waals surface area contributed by atoms with Crippen LogP contribution in [0.5, 0.6) is 0 Å². The molecule has 2 N–H and O–H groups in total. The quantitative estimate of drug-likeness (QED) is 0.600. The predicted octanol–water partition coefficient (Wildman–Crippen LogP) is 0.849. The monoisotopic (exact) mass is 256 g/mol. The minimum Gasteiger partial charge on any atom is -0.395 e. The molecule has 0 aromatic carbocycles. The van der Waals surface area contributed by atoms with Crippen LogP contribution in [0.4, 0.5) is 0 Å². The Hall–Kier alpha value is -0.160. The lowest BCUT2D eigenvalue weighted by Gasteiger charge is -2.34. The molecule has 1 atom stereocenters. The van der Waals surface area contributed by atoms with Gasteiger partial charge >= 0.3 is 0 Å². The van der Waals surface area contributed by atoms with Crippen molar-refractivity contribution in [3.8, 4) is 0 Å². The summed E-state index contributed by atoms with van der Waals surface area (Å²) >= 11 is 0. The average molecular weight is 256 g/mol. The van der Waals surface area contributed by atoms with Gasteiger partial charge in [0.25, 0.3) is 0 Å². The van der Waals surface area contributed by atoms with E-state index in [1.807, 2.05) is 0 Å². The Morgan fingerprint density at radius 2 is 2.28 bits per heavy atom. The predicted molar refractivity (Wildman–Crippen MR) is 72.7 cm³/mol. The normalized spacial score (nSPS) is 28.2. The number of ether oxygens (including phenoxy) is 1. The van der Waals surface area contributed by atoms with Gasteiger partial charge < -0.3 is 15.2 Å². The standard InChI is InChI=1S/C14H28N2O2/c1-2-6-15-10-14(5-9-18-12-14)11-16(7-8-17)13-3-4-13/h13,15,17H,2-12H2,1H3. The number of nitrogens with one attached hydrogen (secondary N) is 1. The zero-order valence-corrected chi connectivity index (χ0v) is 11.7. The summed E-state index contributed by atoms with van der Waals surface area (Å²) in [5, 5.41) is 12.8. The second kappa shape index (κ2) is 6.85. The first kappa shape index (κ1) is 14.3. The van der Waals surface area contributed by atoms with E-state index in [0.29, 0.717) is 0 Å². The third kappa shape index (κ3) is 3.92. The number of hydrogen-bond donors (Lipinski definition) is 2. The molecule has 0 spiro atoms. The molecule has 1 saturated heterocycles. The minimum atomic E-state index is 0.271. The summed E-state index contributed by atoms with van der Waals surface area (Å²) in [6, 6.07) is 0.723. The number of hydrogen-bond acceptors (Lipinski definition) is 4. The largest absolute Gasteiger partial charge is 0.395 e. The van der Waals surface area contributed by atoms with Crippen molar-refractivity contribution in [2.45, 2.75) is 38.6 Å². The maximum atomic E-state index is 9.20. The molecule has 1 aliphatic heterocycles. The topological polar surface area (TPSA) is 44.7 Å². The number of aliphatic hydroxyl groups excluding tert-OH is 1. The van der Waals surface area contributed by atoms with Gasteiger partial charge in [-0.1, -0.05) is 6.92 Å². The van der Waals surface area contributed by atoms with Crippen molar-refractivity contribution in [3.05, 3.63) is 0 Å². The minimum absolute atomic E-state index is 0.271. The molecule has 0 aromatic heterocycles. The zero-order chi connectivity index (χ0) is 12.8. The first-order valence-corrected chi connectivity index (χ1v) is 7.43. The van der Waals surface area contributed by atoms with Crippen molar-refractivity contribution >= 4 is 0 Å². The summed E-state index contributed by atoms with van der Waals surface area (Å²) in [7, 11) is 0. The van der Waals surface area contributed by atoms with Crippen LogP contribution in [-0.2, 0) is 4.74 Å². The van der Waals surface area contributed by atoms with Gasteiger partial charge in [-0.3, -0.25) is 4.90 Å². The van der Waals surface area contributed by atoms with Crippen molar-refractivity contribution in [2.24, 2.45) is 5.41 Å². The molecular formula is C14H28N2O2. The van der Waals surface area contributed by atoms with Crippen LogP contribution in [0.15, 0.2) is 0 Å². The molecule has 2 fully saturated rings. The Kier molecular flexibility index (Phi) is 5.42. The number of rotatable bonds is 9. The zero-order valence-electron chi connectivity index (χ0n) is 11.7. The molecule has 4 nitrogen and oxygen atoms in total. The highest BCUT2D eigenvalue weighted by molar-refractivity contribution is 4.93. The summed E-state index contributed by atoms with van der Waals surface area (Å²) in [5.74, 6) is 0. The summed E-state index contributed by atoms with van der Waals surface area (Å²) in [6.45, 7) is 8.28. The van der Waals surface area contributed by atoms with Gasteiger partial charge in [0.05, 0.1) is 13.2 Å². The highest BCUT2D eigenvalue weighted by atomic mass is 16.5. The molecule has 1 unspecified atom stereocenters. The van der Waals surface area contributed by atoms with Crippen LogP contribution in [-0.4, -0.2) is 62.0 Å². The fraction of sp³-hybridized carbons (Fsp3) is 1.00. The summed E-state index contributed by atoms with van der Waals surface area (Å²) in [6.07, 6.45) is 4.94. The Labute approximate surface area is 111 Å². The van der Waals surface area contributed by atoms with E-state index in [0.717, 1.165) is 51.9 Å². The molecule has 1 saturated carbocycles. The molecule has 0 radical (unpaired) electrons. The Bertz CT molecular complexity index is 238. The second-order valence-corrected chi connectivity index (χ2v) is 5.90. The van der Waals surface area contributed by atoms with Crippen molar-refractivity contribution in [1.29, 1.82) is 0 Å². The maximum Gasteiger partial charge on any atom is 0.0558 e. The van der Waals surface area contributed by atoms with Gasteiger partial charge in [-0.15, -0.1) is 0 Å². The summed E-state index contributed by atoms with van der Waals surface area (Å²) in [4.78, 5) is 2.47. The van der Waals surface area contributed by atoms with E-state index in [1.165, 1.54) is 19.3 Å². The Morgan fingerprint density at radius 1 is 1.44 bits per heavy atom. The van der Waals surface area contributed by atoms with Crippen LogP contribution in [0.3, 0.4) is 0 Å². The van der Waals surface area contributed by atoms with Crippen LogP contribution in [0.2, 0.25) is 0 Å². The third-order valence-electron chi connectivity index (χ3n) is 4.10. The van der Waals surface area contributed by atoms with Crippen molar-refractivity contribution in [2.75, 3.05) is 46.0 Å². The molecule has 106 valence electrons. The lowest BCUT2D eigenvalue weighted by Crippen LogP contribution is -2.46. The first-order valence-electron chi connectivity index (χ1n) is 7.43. The van der Waals surface area contributed by atoms with Gasteiger partial charge in [0.2, 0.25) is 0 Å². The van der Waals surface area contributed by atoms with E-state index in [-0.39, 0.29) is 12.0 Å². The van der Waals surface area contributed by atoms with E-state index in [2.05, 4.69) is 17.1 Å². The van der Waals surface area contributed by atoms with Gasteiger partial charge in [-0.05, 0) is 32.2 Å². The van der Waals surface area contributed by atoms with Gasteiger partial charge in [-0.2, -0.15) is 0 Å². The van der Waals surface area contributed by atoms with Crippen molar-refractivity contribution in [3.63, 3.8) is 0 Å². The second-order valence-electron chi connectivity index (χ2n) is 5.90. The molecule has 2 aliphatic rings.